The van der Waals surface area contributed by atoms with E-state index in [-0.39, 0.29) is 0 Å². The van der Waals surface area contributed by atoms with E-state index in [1.807, 2.05) is 18.3 Å². The fourth-order valence-electron chi connectivity index (χ4n) is 2.29. The van der Waals surface area contributed by atoms with E-state index in [0.717, 1.165) is 11.5 Å². The molecule has 0 saturated heterocycles. The maximum absolute atomic E-state index is 5.60. The number of hydrogen-bond acceptors (Lipinski definition) is 2. The van der Waals surface area contributed by atoms with Gasteiger partial charge >= 0.3 is 0 Å². The number of pyridine rings is 1. The van der Waals surface area contributed by atoms with Crippen LogP contribution in [-0.4, -0.2) is 4.98 Å². The summed E-state index contributed by atoms with van der Waals surface area (Å²) in [6.45, 7) is 0. The van der Waals surface area contributed by atoms with Gasteiger partial charge in [0.05, 0.1) is 0 Å². The summed E-state index contributed by atoms with van der Waals surface area (Å²) in [6, 6.07) is 12.7. The van der Waals surface area contributed by atoms with Gasteiger partial charge in [-0.2, -0.15) is 0 Å². The first kappa shape index (κ1) is 10.3. The van der Waals surface area contributed by atoms with Crippen LogP contribution in [0.3, 0.4) is 0 Å². The van der Waals surface area contributed by atoms with Crippen LogP contribution in [0, 0.1) is 0 Å². The molecule has 0 atom stereocenters. The molecule has 1 saturated carbocycles. The highest BCUT2D eigenvalue weighted by atomic mass is 14.8. The van der Waals surface area contributed by atoms with Gasteiger partial charge in [-0.25, -0.2) is 4.98 Å². The summed E-state index contributed by atoms with van der Waals surface area (Å²) < 4.78 is 0. The monoisotopic (exact) mass is 224 g/mol. The third kappa shape index (κ3) is 2.03. The van der Waals surface area contributed by atoms with E-state index in [2.05, 4.69) is 29.2 Å². The topological polar surface area (TPSA) is 38.9 Å². The van der Waals surface area contributed by atoms with Crippen molar-refractivity contribution in [3.8, 4) is 11.1 Å². The average molecular weight is 224 g/mol. The van der Waals surface area contributed by atoms with Crippen LogP contribution in [0.5, 0.6) is 0 Å². The van der Waals surface area contributed by atoms with E-state index >= 15 is 0 Å². The largest absolute Gasteiger partial charge is 0.384 e. The quantitative estimate of drug-likeness (QED) is 0.846. The van der Waals surface area contributed by atoms with Crippen LogP contribution in [-0.2, 0) is 0 Å². The molecule has 1 aromatic heterocycles. The lowest BCUT2D eigenvalue weighted by atomic mass is 9.79. The molecule has 2 N–H and O–H groups in total. The van der Waals surface area contributed by atoms with Crippen molar-refractivity contribution in [1.82, 2.24) is 4.98 Å². The molecule has 17 heavy (non-hydrogen) atoms. The molecular weight excluding hydrogens is 208 g/mol. The normalized spacial score (nSPS) is 15.5. The summed E-state index contributed by atoms with van der Waals surface area (Å²) in [6.07, 6.45) is 5.89. The average Bonchev–Trinajstić information content (AvgIpc) is 2.28. The Hall–Kier alpha value is -1.83. The molecule has 1 aliphatic carbocycles. The van der Waals surface area contributed by atoms with Gasteiger partial charge in [-0.15, -0.1) is 0 Å². The van der Waals surface area contributed by atoms with Gasteiger partial charge in [-0.3, -0.25) is 0 Å². The lowest BCUT2D eigenvalue weighted by molar-refractivity contribution is 0.420. The number of nitrogens with zero attached hydrogens (tertiary/aromatic N) is 1. The molecule has 2 heteroatoms. The SMILES string of the molecule is Nc1ccc(-c2cccc(C3CCC3)c2)cn1. The van der Waals surface area contributed by atoms with Crippen LogP contribution in [0.2, 0.25) is 0 Å². The first-order valence-electron chi connectivity index (χ1n) is 6.15. The number of aromatic nitrogens is 1. The Morgan fingerprint density at radius 1 is 1.06 bits per heavy atom. The Morgan fingerprint density at radius 2 is 1.94 bits per heavy atom. The van der Waals surface area contributed by atoms with Crippen molar-refractivity contribution in [2.75, 3.05) is 5.73 Å². The number of benzene rings is 1. The molecule has 2 nitrogen and oxygen atoms in total. The Balaban J connectivity index is 1.94. The third-order valence-corrected chi connectivity index (χ3v) is 3.58. The fourth-order valence-corrected chi connectivity index (χ4v) is 2.29. The highest BCUT2D eigenvalue weighted by molar-refractivity contribution is 5.64. The summed E-state index contributed by atoms with van der Waals surface area (Å²) in [4.78, 5) is 4.14. The third-order valence-electron chi connectivity index (χ3n) is 3.58. The summed E-state index contributed by atoms with van der Waals surface area (Å²) in [5, 5.41) is 0. The smallest absolute Gasteiger partial charge is 0.123 e. The second kappa shape index (κ2) is 4.21. The Bertz CT molecular complexity index is 513. The molecule has 1 aliphatic rings. The van der Waals surface area contributed by atoms with Crippen LogP contribution in [0.4, 0.5) is 5.82 Å². The van der Waals surface area contributed by atoms with Crippen molar-refractivity contribution in [1.29, 1.82) is 0 Å². The van der Waals surface area contributed by atoms with Gasteiger partial charge in [0.1, 0.15) is 5.82 Å². The fraction of sp³-hybridized carbons (Fsp3) is 0.267. The molecule has 0 bridgehead atoms. The summed E-state index contributed by atoms with van der Waals surface area (Å²) in [5.41, 5.74) is 9.44. The maximum atomic E-state index is 5.60. The summed E-state index contributed by atoms with van der Waals surface area (Å²) in [5.74, 6) is 1.35. The zero-order valence-electron chi connectivity index (χ0n) is 9.76. The van der Waals surface area contributed by atoms with Crippen LogP contribution in [0.15, 0.2) is 42.6 Å². The molecule has 1 heterocycles. The standard InChI is InChI=1S/C15H16N2/c16-15-8-7-14(10-17-15)13-6-2-5-12(9-13)11-3-1-4-11/h2,5-11H,1,3-4H2,(H2,16,17). The molecule has 1 fully saturated rings. The lowest BCUT2D eigenvalue weighted by Crippen LogP contribution is -2.08. The number of nitrogens with two attached hydrogens (primary N) is 1. The first-order chi connectivity index (χ1) is 8.33. The van der Waals surface area contributed by atoms with Gasteiger partial charge in [0.2, 0.25) is 0 Å². The van der Waals surface area contributed by atoms with Crippen LogP contribution in [0.1, 0.15) is 30.7 Å². The highest BCUT2D eigenvalue weighted by Crippen LogP contribution is 2.37. The number of anilines is 1. The second-order valence-electron chi connectivity index (χ2n) is 4.73. The molecule has 0 unspecified atom stereocenters. The number of rotatable bonds is 2. The first-order valence-corrected chi connectivity index (χ1v) is 6.15. The zero-order chi connectivity index (χ0) is 11.7. The molecule has 0 spiro atoms. The lowest BCUT2D eigenvalue weighted by Gasteiger charge is -2.26. The van der Waals surface area contributed by atoms with Crippen molar-refractivity contribution < 1.29 is 0 Å². The van der Waals surface area contributed by atoms with E-state index in [0.29, 0.717) is 5.82 Å². The van der Waals surface area contributed by atoms with Gasteiger partial charge in [0.15, 0.2) is 0 Å². The van der Waals surface area contributed by atoms with Gasteiger partial charge in [0, 0.05) is 11.8 Å². The Labute approximate surface area is 102 Å². The summed E-state index contributed by atoms with van der Waals surface area (Å²) in [7, 11) is 0. The Morgan fingerprint density at radius 3 is 2.59 bits per heavy atom. The van der Waals surface area contributed by atoms with Gasteiger partial charge in [-0.1, -0.05) is 30.7 Å². The van der Waals surface area contributed by atoms with Gasteiger partial charge in [-0.05, 0) is 42.0 Å². The predicted octanol–water partition coefficient (Wildman–Crippen LogP) is 3.60. The zero-order valence-corrected chi connectivity index (χ0v) is 9.76. The van der Waals surface area contributed by atoms with E-state index in [1.165, 1.54) is 30.4 Å². The van der Waals surface area contributed by atoms with E-state index in [9.17, 15) is 0 Å². The van der Waals surface area contributed by atoms with E-state index < -0.39 is 0 Å². The van der Waals surface area contributed by atoms with Crippen LogP contribution < -0.4 is 5.73 Å². The molecule has 0 amide bonds. The Kier molecular flexibility index (Phi) is 2.56. The second-order valence-corrected chi connectivity index (χ2v) is 4.73. The minimum atomic E-state index is 0.573. The molecule has 86 valence electrons. The molecule has 0 radical (unpaired) electrons. The van der Waals surface area contributed by atoms with Crippen molar-refractivity contribution in [3.05, 3.63) is 48.2 Å². The molecular formula is C15H16N2. The van der Waals surface area contributed by atoms with Gasteiger partial charge in [0.25, 0.3) is 0 Å². The molecule has 2 aromatic rings. The van der Waals surface area contributed by atoms with Crippen molar-refractivity contribution in [2.45, 2.75) is 25.2 Å². The van der Waals surface area contributed by atoms with Crippen LogP contribution in [0.25, 0.3) is 11.1 Å². The van der Waals surface area contributed by atoms with E-state index in [1.54, 1.807) is 0 Å². The summed E-state index contributed by atoms with van der Waals surface area (Å²) >= 11 is 0. The van der Waals surface area contributed by atoms with E-state index in [4.69, 9.17) is 5.73 Å². The van der Waals surface area contributed by atoms with Crippen molar-refractivity contribution in [2.24, 2.45) is 0 Å². The number of nitrogen functional groups attached to an aromatic ring is 1. The highest BCUT2D eigenvalue weighted by Gasteiger charge is 2.19. The molecule has 3 rings (SSSR count). The maximum Gasteiger partial charge on any atom is 0.123 e. The molecule has 1 aromatic carbocycles. The minimum Gasteiger partial charge on any atom is -0.384 e. The minimum absolute atomic E-state index is 0.573. The molecule has 0 aliphatic heterocycles. The van der Waals surface area contributed by atoms with Crippen molar-refractivity contribution >= 4 is 5.82 Å². The predicted molar refractivity (Wildman–Crippen MR) is 70.7 cm³/mol. The van der Waals surface area contributed by atoms with Crippen molar-refractivity contribution in [3.63, 3.8) is 0 Å². The number of hydrogen-bond donors (Lipinski definition) is 1. The van der Waals surface area contributed by atoms with Crippen LogP contribution >= 0.6 is 0 Å². The van der Waals surface area contributed by atoms with Gasteiger partial charge < -0.3 is 5.73 Å².